The van der Waals surface area contributed by atoms with Crippen molar-refractivity contribution in [2.75, 3.05) is 20.7 Å². The molecule has 0 radical (unpaired) electrons. The fourth-order valence-electron chi connectivity index (χ4n) is 1.58. The predicted molar refractivity (Wildman–Crippen MR) is 79.7 cm³/mol. The minimum absolute atomic E-state index is 0.0919. The molecule has 0 aromatic rings. The topological polar surface area (TPSA) is 75.6 Å². The second kappa shape index (κ2) is 15.9. The van der Waals surface area contributed by atoms with E-state index in [9.17, 15) is 8.42 Å². The average molecular weight is 297 g/mol. The van der Waals surface area contributed by atoms with Crippen LogP contribution in [-0.4, -0.2) is 33.7 Å². The summed E-state index contributed by atoms with van der Waals surface area (Å²) in [6, 6.07) is 0. The molecule has 0 fully saturated rings. The largest absolute Gasteiger partial charge is 0.397 e. The van der Waals surface area contributed by atoms with Crippen molar-refractivity contribution < 1.29 is 17.2 Å². The lowest BCUT2D eigenvalue weighted by Crippen LogP contribution is -2.04. The van der Waals surface area contributed by atoms with E-state index in [0.717, 1.165) is 12.8 Å². The number of hydrogen-bond donors (Lipinski definition) is 2. The third-order valence-corrected chi connectivity index (χ3v) is 2.94. The highest BCUT2D eigenvalue weighted by Gasteiger charge is 2.02. The molecule has 0 saturated heterocycles. The molecule has 0 aromatic carbocycles. The number of nitrogens with one attached hydrogen (secondary N) is 1. The van der Waals surface area contributed by atoms with Crippen molar-refractivity contribution in [2.24, 2.45) is 0 Å². The predicted octanol–water partition coefficient (Wildman–Crippen LogP) is 3.17. The van der Waals surface area contributed by atoms with Crippen LogP contribution in [0.1, 0.15) is 64.7 Å². The van der Waals surface area contributed by atoms with Crippen molar-refractivity contribution in [2.45, 2.75) is 64.7 Å². The molecule has 0 saturated carbocycles. The summed E-state index contributed by atoms with van der Waals surface area (Å²) in [6.45, 7) is 2.30. The van der Waals surface area contributed by atoms with Gasteiger partial charge in [0.15, 0.2) is 0 Å². The van der Waals surface area contributed by atoms with E-state index in [-0.39, 0.29) is 6.61 Å². The van der Waals surface area contributed by atoms with Crippen LogP contribution in [0.15, 0.2) is 0 Å². The van der Waals surface area contributed by atoms with Gasteiger partial charge in [0.05, 0.1) is 6.61 Å². The zero-order valence-electron chi connectivity index (χ0n) is 12.7. The van der Waals surface area contributed by atoms with E-state index >= 15 is 0 Å². The van der Waals surface area contributed by atoms with Gasteiger partial charge in [-0.05, 0) is 20.5 Å². The van der Waals surface area contributed by atoms with E-state index in [1.54, 1.807) is 0 Å². The maximum atomic E-state index is 10.2. The van der Waals surface area contributed by atoms with Crippen molar-refractivity contribution >= 4 is 10.4 Å². The first-order chi connectivity index (χ1) is 8.97. The Morgan fingerprint density at radius 1 is 0.895 bits per heavy atom. The molecule has 118 valence electrons. The van der Waals surface area contributed by atoms with Crippen molar-refractivity contribution in [3.05, 3.63) is 0 Å². The van der Waals surface area contributed by atoms with Crippen LogP contribution in [0.5, 0.6) is 0 Å². The van der Waals surface area contributed by atoms with Crippen molar-refractivity contribution in [1.29, 1.82) is 0 Å². The average Bonchev–Trinajstić information content (AvgIpc) is 2.31. The van der Waals surface area contributed by atoms with E-state index in [0.29, 0.717) is 6.42 Å². The summed E-state index contributed by atoms with van der Waals surface area (Å²) in [5, 5.41) is 2.75. The quantitative estimate of drug-likeness (QED) is 0.452. The molecule has 0 unspecified atom stereocenters. The van der Waals surface area contributed by atoms with Crippen LogP contribution < -0.4 is 5.32 Å². The fraction of sp³-hybridized carbons (Fsp3) is 1.00. The van der Waals surface area contributed by atoms with E-state index in [2.05, 4.69) is 16.4 Å². The molecule has 0 rings (SSSR count). The molecule has 2 N–H and O–H groups in total. The first-order valence-electron chi connectivity index (χ1n) is 7.18. The van der Waals surface area contributed by atoms with Gasteiger partial charge in [-0.1, -0.05) is 58.3 Å². The van der Waals surface area contributed by atoms with E-state index in [1.165, 1.54) is 38.5 Å². The summed E-state index contributed by atoms with van der Waals surface area (Å²) >= 11 is 0. The summed E-state index contributed by atoms with van der Waals surface area (Å²) < 4.78 is 32.9. The minimum atomic E-state index is -4.23. The molecule has 0 heterocycles. The second-order valence-corrected chi connectivity index (χ2v) is 5.67. The first-order valence-corrected chi connectivity index (χ1v) is 8.54. The van der Waals surface area contributed by atoms with E-state index < -0.39 is 10.4 Å². The Morgan fingerprint density at radius 2 is 1.26 bits per heavy atom. The molecule has 0 aromatic heterocycles. The molecular formula is C13H31NO4S. The molecule has 0 amide bonds. The Morgan fingerprint density at radius 3 is 1.63 bits per heavy atom. The van der Waals surface area contributed by atoms with Crippen molar-refractivity contribution in [3.63, 3.8) is 0 Å². The number of rotatable bonds is 11. The van der Waals surface area contributed by atoms with Crippen LogP contribution in [0, 0.1) is 0 Å². The van der Waals surface area contributed by atoms with Gasteiger partial charge in [-0.25, -0.2) is 4.18 Å². The lowest BCUT2D eigenvalue weighted by Gasteiger charge is -2.01. The molecule has 6 heteroatoms. The Balaban J connectivity index is 0. The van der Waals surface area contributed by atoms with Gasteiger partial charge in [-0.2, -0.15) is 8.42 Å². The Labute approximate surface area is 119 Å². The summed E-state index contributed by atoms with van der Waals surface area (Å²) in [5.41, 5.74) is 0. The van der Waals surface area contributed by atoms with Gasteiger partial charge in [-0.15, -0.1) is 0 Å². The summed E-state index contributed by atoms with van der Waals surface area (Å²) in [7, 11) is -0.482. The Hall–Kier alpha value is -0.170. The van der Waals surface area contributed by atoms with Gasteiger partial charge in [0.25, 0.3) is 0 Å². The third kappa shape index (κ3) is 27.1. The zero-order valence-corrected chi connectivity index (χ0v) is 13.5. The van der Waals surface area contributed by atoms with Crippen molar-refractivity contribution in [1.82, 2.24) is 5.32 Å². The smallest absolute Gasteiger partial charge is 0.323 e. The van der Waals surface area contributed by atoms with Crippen LogP contribution in [0.3, 0.4) is 0 Å². The Bertz CT molecular complexity index is 255. The molecule has 0 atom stereocenters. The molecule has 0 spiro atoms. The molecule has 0 bridgehead atoms. The molecule has 19 heavy (non-hydrogen) atoms. The highest BCUT2D eigenvalue weighted by molar-refractivity contribution is 7.80. The molecule has 0 aliphatic heterocycles. The van der Waals surface area contributed by atoms with E-state index in [4.69, 9.17) is 4.55 Å². The summed E-state index contributed by atoms with van der Waals surface area (Å²) in [6.07, 6.45) is 10.4. The lowest BCUT2D eigenvalue weighted by molar-refractivity contribution is 0.261. The highest BCUT2D eigenvalue weighted by atomic mass is 32.3. The molecular weight excluding hydrogens is 266 g/mol. The van der Waals surface area contributed by atoms with Crippen LogP contribution in [-0.2, 0) is 14.6 Å². The number of unbranched alkanes of at least 4 members (excludes halogenated alkanes) is 8. The van der Waals surface area contributed by atoms with Gasteiger partial charge >= 0.3 is 10.4 Å². The second-order valence-electron chi connectivity index (χ2n) is 4.58. The normalized spacial score (nSPS) is 10.9. The SMILES string of the molecule is CCCCCCCCCCCOS(=O)(=O)O.CNC. The number of hydrogen-bond acceptors (Lipinski definition) is 4. The van der Waals surface area contributed by atoms with Gasteiger partial charge in [0.1, 0.15) is 0 Å². The molecule has 0 aliphatic carbocycles. The maximum absolute atomic E-state index is 10.2. The van der Waals surface area contributed by atoms with Gasteiger partial charge in [-0.3, -0.25) is 4.55 Å². The molecule has 5 nitrogen and oxygen atoms in total. The fourth-order valence-corrected chi connectivity index (χ4v) is 1.91. The highest BCUT2D eigenvalue weighted by Crippen LogP contribution is 2.09. The van der Waals surface area contributed by atoms with Crippen LogP contribution >= 0.6 is 0 Å². The van der Waals surface area contributed by atoms with Crippen LogP contribution in [0.2, 0.25) is 0 Å². The van der Waals surface area contributed by atoms with Gasteiger partial charge < -0.3 is 5.32 Å². The minimum Gasteiger partial charge on any atom is -0.323 e. The third-order valence-electron chi connectivity index (χ3n) is 2.48. The van der Waals surface area contributed by atoms with Gasteiger partial charge in [0, 0.05) is 0 Å². The zero-order chi connectivity index (χ0) is 15.0. The Kier molecular flexibility index (Phi) is 17.7. The molecule has 0 aliphatic rings. The monoisotopic (exact) mass is 297 g/mol. The van der Waals surface area contributed by atoms with E-state index in [1.807, 2.05) is 14.1 Å². The van der Waals surface area contributed by atoms with Crippen molar-refractivity contribution in [3.8, 4) is 0 Å². The van der Waals surface area contributed by atoms with Gasteiger partial charge in [0.2, 0.25) is 0 Å². The summed E-state index contributed by atoms with van der Waals surface area (Å²) in [5.74, 6) is 0. The maximum Gasteiger partial charge on any atom is 0.397 e. The first kappa shape index (κ1) is 21.1. The lowest BCUT2D eigenvalue weighted by atomic mass is 10.1. The van der Waals surface area contributed by atoms with Crippen LogP contribution in [0.4, 0.5) is 0 Å². The van der Waals surface area contributed by atoms with Crippen LogP contribution in [0.25, 0.3) is 0 Å². The standard InChI is InChI=1S/C11H24O4S.C2H7N/c1-2-3-4-5-6-7-8-9-10-11-15-16(12,13)14;1-3-2/h2-11H2,1H3,(H,12,13,14);3H,1-2H3. The summed E-state index contributed by atoms with van der Waals surface area (Å²) in [4.78, 5) is 0.